The number of aromatic nitrogens is 4. The van der Waals surface area contributed by atoms with Crippen LogP contribution in [0.2, 0.25) is 5.02 Å². The first-order chi connectivity index (χ1) is 11.6. The topological polar surface area (TPSA) is 72.7 Å². The van der Waals surface area contributed by atoms with Crippen molar-refractivity contribution < 1.29 is 4.79 Å². The molecule has 0 saturated heterocycles. The smallest absolute Gasteiger partial charge is 0.235 e. The van der Waals surface area contributed by atoms with Gasteiger partial charge in [0.2, 0.25) is 5.91 Å². The highest BCUT2D eigenvalue weighted by Crippen LogP contribution is 2.22. The van der Waals surface area contributed by atoms with Gasteiger partial charge >= 0.3 is 0 Å². The lowest BCUT2D eigenvalue weighted by atomic mass is 10.2. The van der Waals surface area contributed by atoms with Gasteiger partial charge in [-0.1, -0.05) is 52.9 Å². The van der Waals surface area contributed by atoms with Crippen molar-refractivity contribution in [2.75, 3.05) is 11.1 Å². The lowest BCUT2D eigenvalue weighted by molar-refractivity contribution is -0.113. The van der Waals surface area contributed by atoms with Gasteiger partial charge in [-0.2, -0.15) is 5.10 Å². The summed E-state index contributed by atoms with van der Waals surface area (Å²) < 4.78 is 2.49. The van der Waals surface area contributed by atoms with Crippen molar-refractivity contribution in [2.45, 2.75) is 17.8 Å². The van der Waals surface area contributed by atoms with Crippen LogP contribution in [0.4, 0.5) is 5.82 Å². The summed E-state index contributed by atoms with van der Waals surface area (Å²) in [5, 5.41) is 16.6. The number of carbonyl (C=O) groups is 1. The van der Waals surface area contributed by atoms with E-state index < -0.39 is 0 Å². The molecule has 0 aliphatic rings. The predicted octanol–water partition coefficient (Wildman–Crippen LogP) is 3.48. The molecule has 0 spiro atoms. The van der Waals surface area contributed by atoms with Gasteiger partial charge in [-0.05, 0) is 18.6 Å². The van der Waals surface area contributed by atoms with Crippen LogP contribution in [0.3, 0.4) is 0 Å². The summed E-state index contributed by atoms with van der Waals surface area (Å²) in [5.41, 5.74) is 0.942. The molecule has 124 valence electrons. The zero-order valence-electron chi connectivity index (χ0n) is 12.8. The van der Waals surface area contributed by atoms with Gasteiger partial charge in [-0.3, -0.25) is 4.79 Å². The Morgan fingerprint density at radius 1 is 1.33 bits per heavy atom. The Balaban J connectivity index is 1.60. The van der Waals surface area contributed by atoms with Gasteiger partial charge in [0.05, 0.1) is 18.5 Å². The van der Waals surface area contributed by atoms with Gasteiger partial charge in [0.1, 0.15) is 10.8 Å². The number of thioether (sulfide) groups is 1. The van der Waals surface area contributed by atoms with Gasteiger partial charge in [-0.15, -0.1) is 10.2 Å². The van der Waals surface area contributed by atoms with Crippen LogP contribution >= 0.6 is 34.7 Å². The highest BCUT2D eigenvalue weighted by Gasteiger charge is 2.11. The minimum Gasteiger partial charge on any atom is -0.310 e. The monoisotopic (exact) mass is 379 g/mol. The van der Waals surface area contributed by atoms with Crippen LogP contribution in [0, 0.1) is 6.92 Å². The summed E-state index contributed by atoms with van der Waals surface area (Å²) in [4.78, 5) is 12.1. The normalized spacial score (nSPS) is 10.8. The molecule has 6 nitrogen and oxygen atoms in total. The first kappa shape index (κ1) is 16.9. The molecule has 0 unspecified atom stereocenters. The van der Waals surface area contributed by atoms with E-state index >= 15 is 0 Å². The summed E-state index contributed by atoms with van der Waals surface area (Å²) in [7, 11) is 0. The fraction of sp³-hybridized carbons (Fsp3) is 0.200. The molecule has 0 aliphatic carbocycles. The summed E-state index contributed by atoms with van der Waals surface area (Å²) >= 11 is 9.01. The highest BCUT2D eigenvalue weighted by atomic mass is 35.5. The Labute approximate surface area is 152 Å². The number of anilines is 1. The maximum absolute atomic E-state index is 12.1. The van der Waals surface area contributed by atoms with Crippen LogP contribution < -0.4 is 5.32 Å². The first-order valence-corrected chi connectivity index (χ1v) is 9.28. The van der Waals surface area contributed by atoms with Crippen LogP contribution in [-0.4, -0.2) is 31.6 Å². The van der Waals surface area contributed by atoms with Gasteiger partial charge in [0, 0.05) is 11.1 Å². The first-order valence-electron chi connectivity index (χ1n) is 7.10. The fourth-order valence-corrected chi connectivity index (χ4v) is 3.81. The van der Waals surface area contributed by atoms with Crippen molar-refractivity contribution >= 4 is 46.4 Å². The Morgan fingerprint density at radius 3 is 2.92 bits per heavy atom. The van der Waals surface area contributed by atoms with Gasteiger partial charge in [-0.25, -0.2) is 4.68 Å². The second kappa shape index (κ2) is 7.78. The standard InChI is InChI=1S/C15H14ClN5OS2/c1-10-19-20-15(24-10)23-9-14(22)18-13-6-7-17-21(13)8-11-4-2-3-5-12(11)16/h2-7H,8-9H2,1H3,(H,18,22). The Bertz CT molecular complexity index is 848. The van der Waals surface area contributed by atoms with E-state index in [1.807, 2.05) is 31.2 Å². The largest absolute Gasteiger partial charge is 0.310 e. The molecule has 1 amide bonds. The molecule has 0 saturated carbocycles. The number of nitrogens with zero attached hydrogens (tertiary/aromatic N) is 4. The zero-order valence-corrected chi connectivity index (χ0v) is 15.2. The molecule has 2 heterocycles. The summed E-state index contributed by atoms with van der Waals surface area (Å²) in [5.74, 6) is 0.786. The molecule has 0 fully saturated rings. The molecule has 9 heteroatoms. The van der Waals surface area contributed by atoms with E-state index in [4.69, 9.17) is 11.6 Å². The van der Waals surface area contributed by atoms with Crippen LogP contribution in [0.1, 0.15) is 10.6 Å². The van der Waals surface area contributed by atoms with E-state index in [9.17, 15) is 4.79 Å². The van der Waals surface area contributed by atoms with Gasteiger partial charge in [0.15, 0.2) is 4.34 Å². The average molecular weight is 380 g/mol. The lowest BCUT2D eigenvalue weighted by Crippen LogP contribution is -2.17. The second-order valence-electron chi connectivity index (χ2n) is 4.89. The zero-order chi connectivity index (χ0) is 16.9. The number of benzene rings is 1. The van der Waals surface area contributed by atoms with E-state index in [-0.39, 0.29) is 11.7 Å². The van der Waals surface area contributed by atoms with E-state index in [2.05, 4.69) is 20.6 Å². The average Bonchev–Trinajstić information content (AvgIpc) is 3.17. The molecule has 24 heavy (non-hydrogen) atoms. The summed E-state index contributed by atoms with van der Waals surface area (Å²) in [6.07, 6.45) is 1.65. The molecule has 2 aromatic heterocycles. The number of amides is 1. The maximum Gasteiger partial charge on any atom is 0.235 e. The number of nitrogens with one attached hydrogen (secondary N) is 1. The van der Waals surface area contributed by atoms with Crippen molar-refractivity contribution in [2.24, 2.45) is 0 Å². The third-order valence-electron chi connectivity index (χ3n) is 3.10. The molecular formula is C15H14ClN5OS2. The predicted molar refractivity (Wildman–Crippen MR) is 96.8 cm³/mol. The number of rotatable bonds is 6. The molecule has 0 aliphatic heterocycles. The van der Waals surface area contributed by atoms with Crippen molar-refractivity contribution in [1.82, 2.24) is 20.0 Å². The quantitative estimate of drug-likeness (QED) is 0.664. The van der Waals surface area contributed by atoms with Crippen LogP contribution in [0.25, 0.3) is 0 Å². The van der Waals surface area contributed by atoms with Crippen LogP contribution in [-0.2, 0) is 11.3 Å². The summed E-state index contributed by atoms with van der Waals surface area (Å²) in [6.45, 7) is 2.38. The van der Waals surface area contributed by atoms with E-state index in [1.165, 1.54) is 23.1 Å². The molecular weight excluding hydrogens is 366 g/mol. The number of halogens is 1. The third-order valence-corrected chi connectivity index (χ3v) is 5.44. The molecule has 0 radical (unpaired) electrons. The molecule has 1 aromatic carbocycles. The van der Waals surface area contributed by atoms with Crippen molar-refractivity contribution in [3.05, 3.63) is 52.1 Å². The number of hydrogen-bond acceptors (Lipinski definition) is 6. The van der Waals surface area contributed by atoms with Crippen molar-refractivity contribution in [1.29, 1.82) is 0 Å². The number of aryl methyl sites for hydroxylation is 1. The third kappa shape index (κ3) is 4.34. The number of hydrogen-bond donors (Lipinski definition) is 1. The highest BCUT2D eigenvalue weighted by molar-refractivity contribution is 8.01. The van der Waals surface area contributed by atoms with E-state index in [0.29, 0.717) is 17.4 Å². The SMILES string of the molecule is Cc1nnc(SCC(=O)Nc2ccnn2Cc2ccccc2Cl)s1. The molecule has 0 atom stereocenters. The fourth-order valence-electron chi connectivity index (χ4n) is 2.00. The molecule has 3 aromatic rings. The molecule has 1 N–H and O–H groups in total. The van der Waals surface area contributed by atoms with E-state index in [0.717, 1.165) is 14.9 Å². The maximum atomic E-state index is 12.1. The van der Waals surface area contributed by atoms with Gasteiger partial charge in [0.25, 0.3) is 0 Å². The van der Waals surface area contributed by atoms with Crippen LogP contribution in [0.5, 0.6) is 0 Å². The Morgan fingerprint density at radius 2 is 2.17 bits per heavy atom. The molecule has 0 bridgehead atoms. The lowest BCUT2D eigenvalue weighted by Gasteiger charge is -2.09. The minimum atomic E-state index is -0.117. The van der Waals surface area contributed by atoms with E-state index in [1.54, 1.807) is 16.9 Å². The van der Waals surface area contributed by atoms with Crippen LogP contribution in [0.15, 0.2) is 40.9 Å². The number of carbonyl (C=O) groups excluding carboxylic acids is 1. The Kier molecular flexibility index (Phi) is 5.49. The minimum absolute atomic E-state index is 0.117. The Hall–Kier alpha value is -1.90. The van der Waals surface area contributed by atoms with Crippen molar-refractivity contribution in [3.63, 3.8) is 0 Å². The van der Waals surface area contributed by atoms with Crippen molar-refractivity contribution in [3.8, 4) is 0 Å². The summed E-state index contributed by atoms with van der Waals surface area (Å²) in [6, 6.07) is 9.32. The second-order valence-corrected chi connectivity index (χ2v) is 7.70. The van der Waals surface area contributed by atoms with Gasteiger partial charge < -0.3 is 5.32 Å². The molecule has 3 rings (SSSR count).